The molecule has 0 radical (unpaired) electrons. The van der Waals surface area contributed by atoms with E-state index in [1.54, 1.807) is 56.6 Å². The Morgan fingerprint density at radius 3 is 2.28 bits per heavy atom. The van der Waals surface area contributed by atoms with Crippen LogP contribution in [0.25, 0.3) is 0 Å². The van der Waals surface area contributed by atoms with Crippen LogP contribution in [0.4, 0.5) is 5.69 Å². The first-order valence-corrected chi connectivity index (χ1v) is 10.4. The van der Waals surface area contributed by atoms with Crippen LogP contribution in [0.3, 0.4) is 0 Å². The number of rotatable bonds is 7. The first-order chi connectivity index (χ1) is 15.3. The number of anilines is 1. The second-order valence-electron chi connectivity index (χ2n) is 7.13. The maximum absolute atomic E-state index is 12.7. The standard InChI is InChI=1S/C24H22Cl2N2O4/c1-28(2)24(30)19-10-9-18(13-20(19)26)27-23(29)16-6-11-21(22(12-16)31-3)32-14-15-4-7-17(25)8-5-15/h4-13H,14H2,1-3H3,(H,27,29). The van der Waals surface area contributed by atoms with Crippen LogP contribution in [0.15, 0.2) is 60.7 Å². The smallest absolute Gasteiger partial charge is 0.255 e. The number of carbonyl (C=O) groups is 2. The summed E-state index contributed by atoms with van der Waals surface area (Å²) in [5.74, 6) is 0.368. The van der Waals surface area contributed by atoms with Gasteiger partial charge in [0.1, 0.15) is 6.61 Å². The minimum atomic E-state index is -0.352. The third kappa shape index (κ3) is 5.72. The molecule has 0 saturated carbocycles. The highest BCUT2D eigenvalue weighted by Gasteiger charge is 2.15. The van der Waals surface area contributed by atoms with Crippen molar-refractivity contribution in [3.8, 4) is 11.5 Å². The molecule has 3 rings (SSSR count). The van der Waals surface area contributed by atoms with Crippen LogP contribution in [0, 0.1) is 0 Å². The van der Waals surface area contributed by atoms with Gasteiger partial charge in [0.15, 0.2) is 11.5 Å². The van der Waals surface area contributed by atoms with E-state index in [2.05, 4.69) is 5.32 Å². The van der Waals surface area contributed by atoms with Gasteiger partial charge in [0.2, 0.25) is 0 Å². The van der Waals surface area contributed by atoms with Crippen LogP contribution >= 0.6 is 23.2 Å². The summed E-state index contributed by atoms with van der Waals surface area (Å²) < 4.78 is 11.2. The number of hydrogen-bond acceptors (Lipinski definition) is 4. The van der Waals surface area contributed by atoms with Crippen molar-refractivity contribution in [3.63, 3.8) is 0 Å². The molecular weight excluding hydrogens is 451 g/mol. The van der Waals surface area contributed by atoms with Gasteiger partial charge >= 0.3 is 0 Å². The third-order valence-corrected chi connectivity index (χ3v) is 5.16. The van der Waals surface area contributed by atoms with E-state index in [0.717, 1.165) is 5.56 Å². The lowest BCUT2D eigenvalue weighted by Crippen LogP contribution is -2.22. The third-order valence-electron chi connectivity index (χ3n) is 4.60. The van der Waals surface area contributed by atoms with E-state index in [1.165, 1.54) is 18.1 Å². The Morgan fingerprint density at radius 2 is 1.66 bits per heavy atom. The van der Waals surface area contributed by atoms with E-state index < -0.39 is 0 Å². The van der Waals surface area contributed by atoms with Crippen LogP contribution in [-0.4, -0.2) is 37.9 Å². The summed E-state index contributed by atoms with van der Waals surface area (Å²) in [5.41, 5.74) is 2.16. The molecule has 0 aliphatic heterocycles. The molecule has 2 amide bonds. The van der Waals surface area contributed by atoms with E-state index >= 15 is 0 Å². The molecule has 0 aromatic heterocycles. The number of halogens is 2. The molecular formula is C24H22Cl2N2O4. The SMILES string of the molecule is COc1cc(C(=O)Nc2ccc(C(=O)N(C)C)c(Cl)c2)ccc1OCc1ccc(Cl)cc1. The predicted octanol–water partition coefficient (Wildman–Crippen LogP) is 5.54. The molecule has 0 unspecified atom stereocenters. The van der Waals surface area contributed by atoms with Crippen LogP contribution in [-0.2, 0) is 6.61 Å². The summed E-state index contributed by atoms with van der Waals surface area (Å²) in [6.45, 7) is 0.329. The number of methoxy groups -OCH3 is 1. The summed E-state index contributed by atoms with van der Waals surface area (Å²) in [5, 5.41) is 3.68. The fourth-order valence-corrected chi connectivity index (χ4v) is 3.27. The lowest BCUT2D eigenvalue weighted by Gasteiger charge is -2.14. The molecule has 0 bridgehead atoms. The lowest BCUT2D eigenvalue weighted by atomic mass is 10.1. The quantitative estimate of drug-likeness (QED) is 0.490. The van der Waals surface area contributed by atoms with Gasteiger partial charge in [-0.3, -0.25) is 9.59 Å². The Labute approximate surface area is 196 Å². The van der Waals surface area contributed by atoms with Crippen LogP contribution in [0.1, 0.15) is 26.3 Å². The normalized spacial score (nSPS) is 10.4. The maximum Gasteiger partial charge on any atom is 0.255 e. The van der Waals surface area contributed by atoms with Crippen LogP contribution in [0.2, 0.25) is 10.0 Å². The molecule has 3 aromatic rings. The fraction of sp³-hybridized carbons (Fsp3) is 0.167. The molecule has 0 atom stereocenters. The molecule has 0 aliphatic carbocycles. The fourth-order valence-electron chi connectivity index (χ4n) is 2.88. The van der Waals surface area contributed by atoms with Gasteiger partial charge in [-0.05, 0) is 54.1 Å². The number of hydrogen-bond donors (Lipinski definition) is 1. The van der Waals surface area contributed by atoms with E-state index in [1.807, 2.05) is 12.1 Å². The topological polar surface area (TPSA) is 67.9 Å². The van der Waals surface area contributed by atoms with Gasteiger partial charge in [0.25, 0.3) is 11.8 Å². The summed E-state index contributed by atoms with van der Waals surface area (Å²) in [6, 6.07) is 17.0. The van der Waals surface area contributed by atoms with Crippen molar-refractivity contribution in [3.05, 3.63) is 87.4 Å². The van der Waals surface area contributed by atoms with Crippen molar-refractivity contribution < 1.29 is 19.1 Å². The van der Waals surface area contributed by atoms with E-state index in [9.17, 15) is 9.59 Å². The number of nitrogens with one attached hydrogen (secondary N) is 1. The largest absolute Gasteiger partial charge is 0.493 e. The molecule has 0 spiro atoms. The minimum Gasteiger partial charge on any atom is -0.493 e. The Morgan fingerprint density at radius 1 is 0.938 bits per heavy atom. The number of carbonyl (C=O) groups excluding carboxylic acids is 2. The van der Waals surface area contributed by atoms with E-state index in [-0.39, 0.29) is 16.8 Å². The highest BCUT2D eigenvalue weighted by Crippen LogP contribution is 2.30. The molecule has 3 aromatic carbocycles. The second-order valence-corrected chi connectivity index (χ2v) is 7.97. The molecule has 8 heteroatoms. The summed E-state index contributed by atoms with van der Waals surface area (Å²) in [7, 11) is 4.79. The second kappa shape index (κ2) is 10.4. The van der Waals surface area contributed by atoms with E-state index in [4.69, 9.17) is 32.7 Å². The van der Waals surface area contributed by atoms with Crippen molar-refractivity contribution >= 4 is 40.7 Å². The van der Waals surface area contributed by atoms with Crippen molar-refractivity contribution in [1.29, 1.82) is 0 Å². The number of amides is 2. The number of ether oxygens (including phenoxy) is 2. The molecule has 32 heavy (non-hydrogen) atoms. The zero-order valence-corrected chi connectivity index (χ0v) is 19.3. The van der Waals surface area contributed by atoms with Gasteiger partial charge in [-0.1, -0.05) is 35.3 Å². The Balaban J connectivity index is 1.71. The van der Waals surface area contributed by atoms with Crippen molar-refractivity contribution in [1.82, 2.24) is 4.90 Å². The lowest BCUT2D eigenvalue weighted by molar-refractivity contribution is 0.0827. The summed E-state index contributed by atoms with van der Waals surface area (Å²) >= 11 is 12.1. The molecule has 1 N–H and O–H groups in total. The highest BCUT2D eigenvalue weighted by molar-refractivity contribution is 6.34. The Bertz CT molecular complexity index is 1130. The maximum atomic E-state index is 12.7. The van der Waals surface area contributed by atoms with E-state index in [0.29, 0.717) is 39.9 Å². The highest BCUT2D eigenvalue weighted by atomic mass is 35.5. The average Bonchev–Trinajstić information content (AvgIpc) is 2.78. The van der Waals surface area contributed by atoms with Gasteiger partial charge in [0, 0.05) is 30.4 Å². The van der Waals surface area contributed by atoms with Crippen LogP contribution in [0.5, 0.6) is 11.5 Å². The zero-order chi connectivity index (χ0) is 23.3. The predicted molar refractivity (Wildman–Crippen MR) is 126 cm³/mol. The molecule has 6 nitrogen and oxygen atoms in total. The van der Waals surface area contributed by atoms with Gasteiger partial charge in [-0.25, -0.2) is 0 Å². The van der Waals surface area contributed by atoms with Crippen molar-refractivity contribution in [2.24, 2.45) is 0 Å². The summed E-state index contributed by atoms with van der Waals surface area (Å²) in [6.07, 6.45) is 0. The molecule has 0 heterocycles. The monoisotopic (exact) mass is 472 g/mol. The first-order valence-electron chi connectivity index (χ1n) is 9.66. The Hall–Kier alpha value is -3.22. The first kappa shape index (κ1) is 23.4. The molecule has 0 aliphatic rings. The minimum absolute atomic E-state index is 0.216. The zero-order valence-electron chi connectivity index (χ0n) is 17.8. The molecule has 0 saturated heterocycles. The average molecular weight is 473 g/mol. The van der Waals surface area contributed by atoms with Gasteiger partial charge in [0.05, 0.1) is 17.7 Å². The summed E-state index contributed by atoms with van der Waals surface area (Å²) in [4.78, 5) is 26.2. The molecule has 166 valence electrons. The molecule has 0 fully saturated rings. The van der Waals surface area contributed by atoms with Gasteiger partial charge in [-0.15, -0.1) is 0 Å². The Kier molecular flexibility index (Phi) is 7.62. The number of nitrogens with zero attached hydrogens (tertiary/aromatic N) is 1. The number of benzene rings is 3. The van der Waals surface area contributed by atoms with Crippen LogP contribution < -0.4 is 14.8 Å². The van der Waals surface area contributed by atoms with Gasteiger partial charge in [-0.2, -0.15) is 0 Å². The van der Waals surface area contributed by atoms with Gasteiger partial charge < -0.3 is 19.7 Å². The van der Waals surface area contributed by atoms with Crippen molar-refractivity contribution in [2.75, 3.05) is 26.5 Å². The van der Waals surface area contributed by atoms with Crippen molar-refractivity contribution in [2.45, 2.75) is 6.61 Å².